The van der Waals surface area contributed by atoms with Gasteiger partial charge in [-0.05, 0) is 18.0 Å². The second kappa shape index (κ2) is 4.97. The average Bonchev–Trinajstić information content (AvgIpc) is 1.88. The number of hydrogen-bond donors (Lipinski definition) is 0. The summed E-state index contributed by atoms with van der Waals surface area (Å²) >= 11 is 5.55. The first-order chi connectivity index (χ1) is 4.33. The van der Waals surface area contributed by atoms with Crippen molar-refractivity contribution >= 4 is 17.3 Å². The van der Waals surface area contributed by atoms with Crippen molar-refractivity contribution in [1.29, 1.82) is 0 Å². The summed E-state index contributed by atoms with van der Waals surface area (Å²) in [5.74, 6) is 0.828. The van der Waals surface area contributed by atoms with E-state index in [2.05, 4.69) is 11.5 Å². The van der Waals surface area contributed by atoms with Gasteiger partial charge in [0.1, 0.15) is 13.1 Å². The molecule has 1 fully saturated rings. The predicted molar refractivity (Wildman–Crippen MR) is 40.3 cm³/mol. The topological polar surface area (TPSA) is 3.01 Å². The van der Waals surface area contributed by atoms with Crippen molar-refractivity contribution in [1.82, 2.24) is 0 Å². The van der Waals surface area contributed by atoms with Crippen molar-refractivity contribution < 1.29 is 17.0 Å². The van der Waals surface area contributed by atoms with Crippen LogP contribution in [0.4, 0.5) is 0 Å². The van der Waals surface area contributed by atoms with E-state index in [-0.39, 0.29) is 12.4 Å². The molecule has 1 nitrogen and oxygen atoms in total. The molecule has 10 heavy (non-hydrogen) atoms. The van der Waals surface area contributed by atoms with Crippen LogP contribution in [0.5, 0.6) is 0 Å². The highest BCUT2D eigenvalue weighted by Crippen LogP contribution is 2.11. The second-order valence-corrected chi connectivity index (χ2v) is 3.04. The molecule has 0 bridgehead atoms. The quantitative estimate of drug-likeness (QED) is 0.410. The maximum absolute atomic E-state index is 5.55. The number of nitrogens with zero attached hydrogens (tertiary/aromatic N) is 1. The van der Waals surface area contributed by atoms with Crippen molar-refractivity contribution in [2.75, 3.05) is 13.1 Å². The third-order valence-electron chi connectivity index (χ3n) is 1.83. The van der Waals surface area contributed by atoms with Crippen LogP contribution >= 0.6 is 11.6 Å². The summed E-state index contributed by atoms with van der Waals surface area (Å²) in [5, 5.41) is 0. The van der Waals surface area contributed by atoms with E-state index in [0.717, 1.165) is 19.0 Å². The molecule has 1 atom stereocenters. The lowest BCUT2D eigenvalue weighted by Gasteiger charge is -2.14. The van der Waals surface area contributed by atoms with Gasteiger partial charge in [0.15, 0.2) is 0 Å². The summed E-state index contributed by atoms with van der Waals surface area (Å²) in [6.45, 7) is 4.56. The van der Waals surface area contributed by atoms with Gasteiger partial charge >= 0.3 is 0 Å². The number of rotatable bonds is 0. The molecule has 1 aliphatic heterocycles. The normalized spacial score (nSPS) is 29.8. The summed E-state index contributed by atoms with van der Waals surface area (Å²) in [4.78, 5) is 0. The van der Waals surface area contributed by atoms with Gasteiger partial charge in [-0.25, -0.2) is 4.58 Å². The lowest BCUT2D eigenvalue weighted by atomic mass is 10.0. The standard InChI is InChI=1S/C7H13ClN.ClH/c1-7-3-2-4-9(5-7)6-8;/h6-7H,2-5H2,1H3;1H/q+1;/p-1/b9-6+;. The van der Waals surface area contributed by atoms with E-state index >= 15 is 0 Å². The average molecular weight is 182 g/mol. The molecular formula is C7H13Cl2N. The fraction of sp³-hybridized carbons (Fsp3) is 0.857. The lowest BCUT2D eigenvalue weighted by Crippen LogP contribution is -3.00. The largest absolute Gasteiger partial charge is 1.00 e. The van der Waals surface area contributed by atoms with Gasteiger partial charge in [0.25, 0.3) is 0 Å². The maximum atomic E-state index is 5.55. The second-order valence-electron chi connectivity index (χ2n) is 2.84. The molecule has 1 saturated heterocycles. The van der Waals surface area contributed by atoms with Crippen LogP contribution in [0.15, 0.2) is 0 Å². The third kappa shape index (κ3) is 2.89. The fourth-order valence-corrected chi connectivity index (χ4v) is 1.49. The predicted octanol–water partition coefficient (Wildman–Crippen LogP) is -1.30. The van der Waals surface area contributed by atoms with Crippen LogP contribution in [0.2, 0.25) is 0 Å². The Morgan fingerprint density at radius 1 is 1.60 bits per heavy atom. The Hall–Kier alpha value is 0.250. The summed E-state index contributed by atoms with van der Waals surface area (Å²) in [6, 6.07) is 0. The van der Waals surface area contributed by atoms with Crippen LogP contribution in [0.3, 0.4) is 0 Å². The highest BCUT2D eigenvalue weighted by atomic mass is 35.5. The van der Waals surface area contributed by atoms with Crippen LogP contribution in [0.1, 0.15) is 19.8 Å². The Balaban J connectivity index is 0.000000810. The Morgan fingerprint density at radius 2 is 2.30 bits per heavy atom. The zero-order valence-corrected chi connectivity index (χ0v) is 7.70. The van der Waals surface area contributed by atoms with Crippen LogP contribution in [-0.4, -0.2) is 23.3 Å². The Morgan fingerprint density at radius 3 is 2.70 bits per heavy atom. The van der Waals surface area contributed by atoms with Crippen LogP contribution in [0.25, 0.3) is 0 Å². The first-order valence-electron chi connectivity index (χ1n) is 3.50. The van der Waals surface area contributed by atoms with Gasteiger partial charge in [0.05, 0.1) is 0 Å². The zero-order chi connectivity index (χ0) is 6.69. The molecule has 1 rings (SSSR count). The lowest BCUT2D eigenvalue weighted by molar-refractivity contribution is -0.538. The van der Waals surface area contributed by atoms with Gasteiger partial charge in [0.2, 0.25) is 5.67 Å². The molecule has 0 amide bonds. The molecule has 0 aromatic carbocycles. The molecule has 0 aromatic heterocycles. The van der Waals surface area contributed by atoms with Crippen molar-refractivity contribution in [2.45, 2.75) is 19.8 Å². The molecule has 1 aliphatic rings. The minimum absolute atomic E-state index is 0. The van der Waals surface area contributed by atoms with Crippen molar-refractivity contribution in [3.05, 3.63) is 0 Å². The van der Waals surface area contributed by atoms with Crippen molar-refractivity contribution in [3.63, 3.8) is 0 Å². The molecule has 0 radical (unpaired) electrons. The van der Waals surface area contributed by atoms with E-state index in [1.165, 1.54) is 12.8 Å². The Bertz CT molecular complexity index is 123. The summed E-state index contributed by atoms with van der Waals surface area (Å²) in [6.07, 6.45) is 2.66. The summed E-state index contributed by atoms with van der Waals surface area (Å²) in [7, 11) is 0. The number of hydrogen-bond acceptors (Lipinski definition) is 0. The highest BCUT2D eigenvalue weighted by Gasteiger charge is 2.16. The van der Waals surface area contributed by atoms with E-state index in [4.69, 9.17) is 11.6 Å². The molecule has 1 heterocycles. The fourth-order valence-electron chi connectivity index (χ4n) is 1.31. The summed E-state index contributed by atoms with van der Waals surface area (Å²) < 4.78 is 2.18. The first kappa shape index (κ1) is 10.2. The third-order valence-corrected chi connectivity index (χ3v) is 2.10. The zero-order valence-electron chi connectivity index (χ0n) is 6.19. The summed E-state index contributed by atoms with van der Waals surface area (Å²) in [5.41, 5.74) is 1.68. The van der Waals surface area contributed by atoms with E-state index in [0.29, 0.717) is 0 Å². The van der Waals surface area contributed by atoms with E-state index < -0.39 is 0 Å². The first-order valence-corrected chi connectivity index (χ1v) is 3.94. The highest BCUT2D eigenvalue weighted by molar-refractivity contribution is 6.54. The van der Waals surface area contributed by atoms with Gasteiger partial charge in [0, 0.05) is 12.3 Å². The minimum atomic E-state index is 0. The van der Waals surface area contributed by atoms with Crippen molar-refractivity contribution in [3.8, 4) is 0 Å². The molecule has 60 valence electrons. The molecule has 1 unspecified atom stereocenters. The van der Waals surface area contributed by atoms with E-state index in [1.54, 1.807) is 5.67 Å². The Labute approximate surface area is 73.5 Å². The molecule has 0 aromatic rings. The minimum Gasteiger partial charge on any atom is -1.00 e. The van der Waals surface area contributed by atoms with Crippen LogP contribution < -0.4 is 12.4 Å². The van der Waals surface area contributed by atoms with E-state index in [9.17, 15) is 0 Å². The molecule has 0 N–H and O–H groups in total. The maximum Gasteiger partial charge on any atom is 0.232 e. The number of piperidine rings is 1. The van der Waals surface area contributed by atoms with Gasteiger partial charge in [-0.1, -0.05) is 6.92 Å². The number of halogens is 2. The molecular weight excluding hydrogens is 169 g/mol. The smallest absolute Gasteiger partial charge is 0.232 e. The van der Waals surface area contributed by atoms with Crippen LogP contribution in [0, 0.1) is 5.92 Å². The van der Waals surface area contributed by atoms with Gasteiger partial charge < -0.3 is 12.4 Å². The van der Waals surface area contributed by atoms with Crippen molar-refractivity contribution in [2.24, 2.45) is 5.92 Å². The van der Waals surface area contributed by atoms with E-state index in [1.807, 2.05) is 0 Å². The monoisotopic (exact) mass is 181 g/mol. The van der Waals surface area contributed by atoms with Gasteiger partial charge in [-0.15, -0.1) is 0 Å². The molecule has 0 aliphatic carbocycles. The van der Waals surface area contributed by atoms with Gasteiger partial charge in [-0.3, -0.25) is 0 Å². The molecule has 0 saturated carbocycles. The Kier molecular flexibility index (Phi) is 5.10. The SMILES string of the molecule is CC1CCC/[N+](=C\Cl)C1.[Cl-]. The molecule has 0 spiro atoms. The van der Waals surface area contributed by atoms with Crippen LogP contribution in [-0.2, 0) is 0 Å². The van der Waals surface area contributed by atoms with Gasteiger partial charge in [-0.2, -0.15) is 0 Å². The molecule has 3 heteroatoms.